The molecule has 4 rings (SSSR count). The van der Waals surface area contributed by atoms with Crippen molar-refractivity contribution >= 4 is 17.6 Å². The third-order valence-electron chi connectivity index (χ3n) is 5.04. The van der Waals surface area contributed by atoms with Crippen LogP contribution in [0.15, 0.2) is 36.1 Å². The van der Waals surface area contributed by atoms with Crippen molar-refractivity contribution in [1.29, 1.82) is 0 Å². The van der Waals surface area contributed by atoms with E-state index in [9.17, 15) is 24.9 Å². The summed E-state index contributed by atoms with van der Waals surface area (Å²) in [7, 11) is 0. The molecular formula is C20H16O5. The zero-order chi connectivity index (χ0) is 17.9. The Balaban J connectivity index is 2.01. The van der Waals surface area contributed by atoms with Crippen LogP contribution in [-0.2, 0) is 6.42 Å². The van der Waals surface area contributed by atoms with Gasteiger partial charge in [0.1, 0.15) is 17.3 Å². The van der Waals surface area contributed by atoms with Gasteiger partial charge in [-0.05, 0) is 35.8 Å². The average molecular weight is 336 g/mol. The summed E-state index contributed by atoms with van der Waals surface area (Å²) in [5.74, 6) is -3.59. The fourth-order valence-corrected chi connectivity index (χ4v) is 3.86. The first-order chi connectivity index (χ1) is 11.9. The number of phenols is 2. The van der Waals surface area contributed by atoms with Crippen molar-refractivity contribution in [3.63, 3.8) is 0 Å². The molecule has 2 unspecified atom stereocenters. The van der Waals surface area contributed by atoms with Crippen LogP contribution in [0.25, 0.3) is 6.08 Å². The van der Waals surface area contributed by atoms with Gasteiger partial charge in [0.05, 0.1) is 17.4 Å². The molecule has 2 aliphatic rings. The molecule has 25 heavy (non-hydrogen) atoms. The van der Waals surface area contributed by atoms with Crippen molar-refractivity contribution < 1.29 is 24.9 Å². The van der Waals surface area contributed by atoms with Gasteiger partial charge in [0.15, 0.2) is 11.6 Å². The maximum Gasteiger partial charge on any atom is 0.178 e. The summed E-state index contributed by atoms with van der Waals surface area (Å²) in [6.07, 6.45) is 2.11. The third-order valence-corrected chi connectivity index (χ3v) is 5.04. The summed E-state index contributed by atoms with van der Waals surface area (Å²) in [6.45, 7) is 1.94. The quantitative estimate of drug-likeness (QED) is 0.742. The Hall–Kier alpha value is -3.08. The lowest BCUT2D eigenvalue weighted by molar-refractivity contribution is 0.0777. The second-order valence-electron chi connectivity index (χ2n) is 6.42. The van der Waals surface area contributed by atoms with E-state index in [1.165, 1.54) is 24.3 Å². The highest BCUT2D eigenvalue weighted by Gasteiger charge is 2.48. The fourth-order valence-electron chi connectivity index (χ4n) is 3.86. The molecule has 0 saturated carbocycles. The van der Waals surface area contributed by atoms with Gasteiger partial charge < -0.3 is 15.3 Å². The topological polar surface area (TPSA) is 94.8 Å². The first-order valence-electron chi connectivity index (χ1n) is 8.10. The van der Waals surface area contributed by atoms with Crippen LogP contribution in [0, 0.1) is 5.92 Å². The van der Waals surface area contributed by atoms with E-state index < -0.39 is 23.4 Å². The maximum atomic E-state index is 13.1. The number of rotatable bonds is 1. The molecule has 2 aromatic rings. The Morgan fingerprint density at radius 3 is 2.44 bits per heavy atom. The minimum Gasteiger partial charge on any atom is -0.511 e. The number of hydrogen-bond donors (Lipinski definition) is 3. The molecular weight excluding hydrogens is 320 g/mol. The highest BCUT2D eigenvalue weighted by atomic mass is 16.3. The summed E-state index contributed by atoms with van der Waals surface area (Å²) in [4.78, 5) is 25.9. The number of ketones is 2. The highest BCUT2D eigenvalue weighted by molar-refractivity contribution is 6.20. The first kappa shape index (κ1) is 15.4. The molecule has 0 aromatic heterocycles. The van der Waals surface area contributed by atoms with E-state index in [-0.39, 0.29) is 28.4 Å². The van der Waals surface area contributed by atoms with Gasteiger partial charge in [-0.1, -0.05) is 25.1 Å². The summed E-state index contributed by atoms with van der Waals surface area (Å²) in [5.41, 5.74) is 1.81. The number of phenolic OH excluding ortho intramolecular Hbond substituents is 2. The van der Waals surface area contributed by atoms with Gasteiger partial charge in [0.2, 0.25) is 0 Å². The summed E-state index contributed by atoms with van der Waals surface area (Å²) in [6, 6.07) is 7.71. The lowest BCUT2D eigenvalue weighted by Crippen LogP contribution is -2.38. The first-order valence-corrected chi connectivity index (χ1v) is 8.10. The predicted molar refractivity (Wildman–Crippen MR) is 91.1 cm³/mol. The second kappa shape index (κ2) is 5.21. The van der Waals surface area contributed by atoms with E-state index in [0.29, 0.717) is 17.5 Å². The molecule has 5 heteroatoms. The van der Waals surface area contributed by atoms with Crippen LogP contribution in [0.2, 0.25) is 0 Å². The number of allylic oxidation sites excluding steroid dienone is 1. The molecule has 0 radical (unpaired) electrons. The number of hydrogen-bond acceptors (Lipinski definition) is 5. The van der Waals surface area contributed by atoms with Crippen molar-refractivity contribution in [2.75, 3.05) is 0 Å². The van der Waals surface area contributed by atoms with Gasteiger partial charge in [-0.3, -0.25) is 9.59 Å². The van der Waals surface area contributed by atoms with Gasteiger partial charge in [0.25, 0.3) is 0 Å². The maximum absolute atomic E-state index is 13.1. The molecule has 2 aromatic carbocycles. The molecule has 5 nitrogen and oxygen atoms in total. The molecule has 0 saturated heterocycles. The molecule has 0 spiro atoms. The molecule has 2 atom stereocenters. The third kappa shape index (κ3) is 2.02. The van der Waals surface area contributed by atoms with Crippen LogP contribution in [-0.4, -0.2) is 26.9 Å². The van der Waals surface area contributed by atoms with Crippen molar-refractivity contribution in [2.45, 2.75) is 19.3 Å². The van der Waals surface area contributed by atoms with E-state index in [4.69, 9.17) is 0 Å². The number of aliphatic hydroxyl groups excluding tert-OH is 1. The van der Waals surface area contributed by atoms with Crippen molar-refractivity contribution in [2.24, 2.45) is 5.92 Å². The standard InChI is InChI=1S/C20H16O5/c1-2-9-6-10-8-14(23)17-18(15(10)13(22)7-9)19(24)11-4-3-5-12(21)16(11)20(17)25/h3-8,17-18,21-23H,2H2,1H3. The smallest absolute Gasteiger partial charge is 0.178 e. The zero-order valence-corrected chi connectivity index (χ0v) is 13.5. The van der Waals surface area contributed by atoms with E-state index in [1.54, 1.807) is 12.1 Å². The lowest BCUT2D eigenvalue weighted by Gasteiger charge is -2.34. The molecule has 0 bridgehead atoms. The van der Waals surface area contributed by atoms with Crippen LogP contribution in [0.1, 0.15) is 50.2 Å². The fraction of sp³-hybridized carbons (Fsp3) is 0.200. The molecule has 0 fully saturated rings. The second-order valence-corrected chi connectivity index (χ2v) is 6.42. The van der Waals surface area contributed by atoms with Crippen molar-refractivity contribution in [1.82, 2.24) is 0 Å². The Bertz CT molecular complexity index is 970. The van der Waals surface area contributed by atoms with E-state index in [0.717, 1.165) is 5.56 Å². The van der Waals surface area contributed by atoms with Crippen molar-refractivity contribution in [3.8, 4) is 11.5 Å². The number of aliphatic hydroxyl groups is 1. The summed E-state index contributed by atoms with van der Waals surface area (Å²) in [5, 5.41) is 30.9. The molecule has 126 valence electrons. The number of benzene rings is 2. The monoisotopic (exact) mass is 336 g/mol. The molecule has 2 aliphatic carbocycles. The van der Waals surface area contributed by atoms with Gasteiger partial charge in [-0.15, -0.1) is 0 Å². The van der Waals surface area contributed by atoms with Crippen LogP contribution >= 0.6 is 0 Å². The molecule has 0 heterocycles. The largest absolute Gasteiger partial charge is 0.511 e. The van der Waals surface area contributed by atoms with Gasteiger partial charge in [-0.25, -0.2) is 0 Å². The van der Waals surface area contributed by atoms with Gasteiger partial charge in [0, 0.05) is 11.1 Å². The number of aryl methyl sites for hydroxylation is 1. The van der Waals surface area contributed by atoms with Crippen LogP contribution in [0.4, 0.5) is 0 Å². The SMILES string of the molecule is CCc1cc(O)c2c(c1)C=C(O)C1C(=O)c3c(O)cccc3C(=O)C21. The lowest BCUT2D eigenvalue weighted by atomic mass is 9.66. The highest BCUT2D eigenvalue weighted by Crippen LogP contribution is 2.49. The van der Waals surface area contributed by atoms with Crippen LogP contribution < -0.4 is 0 Å². The van der Waals surface area contributed by atoms with E-state index in [1.807, 2.05) is 6.92 Å². The van der Waals surface area contributed by atoms with Crippen molar-refractivity contribution in [3.05, 3.63) is 63.9 Å². The van der Waals surface area contributed by atoms with Crippen LogP contribution in [0.5, 0.6) is 11.5 Å². The average Bonchev–Trinajstić information content (AvgIpc) is 2.58. The Morgan fingerprint density at radius 1 is 0.960 bits per heavy atom. The summed E-state index contributed by atoms with van der Waals surface area (Å²) >= 11 is 0. The van der Waals surface area contributed by atoms with Gasteiger partial charge >= 0.3 is 0 Å². The normalized spacial score (nSPS) is 21.2. The van der Waals surface area contributed by atoms with Gasteiger partial charge in [-0.2, -0.15) is 0 Å². The summed E-state index contributed by atoms with van der Waals surface area (Å²) < 4.78 is 0. The van der Waals surface area contributed by atoms with E-state index >= 15 is 0 Å². The van der Waals surface area contributed by atoms with E-state index in [2.05, 4.69) is 0 Å². The number of carbonyl (C=O) groups excluding carboxylic acids is 2. The molecule has 3 N–H and O–H groups in total. The molecule has 0 aliphatic heterocycles. The number of carbonyl (C=O) groups is 2. The minimum atomic E-state index is -1.13. The Morgan fingerprint density at radius 2 is 1.72 bits per heavy atom. The Kier molecular flexibility index (Phi) is 3.22. The Labute approximate surface area is 143 Å². The predicted octanol–water partition coefficient (Wildman–Crippen LogP) is 3.35. The number of Topliss-reactive ketones (excluding diaryl/α,β-unsaturated/α-hetero) is 2. The number of fused-ring (bicyclic) bond motifs is 4. The number of aromatic hydroxyl groups is 2. The zero-order valence-electron chi connectivity index (χ0n) is 13.5. The van der Waals surface area contributed by atoms with Crippen LogP contribution in [0.3, 0.4) is 0 Å². The molecule has 0 amide bonds. The minimum absolute atomic E-state index is 0.0575.